The van der Waals surface area contributed by atoms with Crippen LogP contribution in [-0.2, 0) is 0 Å². The van der Waals surface area contributed by atoms with Crippen molar-refractivity contribution < 1.29 is 0 Å². The van der Waals surface area contributed by atoms with Crippen LogP contribution < -0.4 is 0 Å². The van der Waals surface area contributed by atoms with Gasteiger partial charge in [-0.05, 0) is 36.1 Å². The second-order valence-electron chi connectivity index (χ2n) is 6.00. The van der Waals surface area contributed by atoms with E-state index in [1.165, 1.54) is 11.1 Å². The SMILES string of the molecule is C1=CC(c2cc(-c3ccccc3)nc(-c3ccccc3)c2)=CCC1. The lowest BCUT2D eigenvalue weighted by atomic mass is 9.96. The third-order valence-corrected chi connectivity index (χ3v) is 4.29. The summed E-state index contributed by atoms with van der Waals surface area (Å²) in [4.78, 5) is 4.92. The van der Waals surface area contributed by atoms with Gasteiger partial charge >= 0.3 is 0 Å². The normalized spacial score (nSPS) is 13.6. The Kier molecular flexibility index (Phi) is 4.07. The quantitative estimate of drug-likeness (QED) is 0.565. The molecule has 0 bridgehead atoms. The first-order valence-corrected chi connectivity index (χ1v) is 8.40. The summed E-state index contributed by atoms with van der Waals surface area (Å²) < 4.78 is 0. The molecule has 1 aliphatic rings. The van der Waals surface area contributed by atoms with Crippen LogP contribution in [0.4, 0.5) is 0 Å². The molecule has 0 saturated heterocycles. The summed E-state index contributed by atoms with van der Waals surface area (Å²) in [5, 5.41) is 0. The van der Waals surface area contributed by atoms with Gasteiger partial charge in [-0.25, -0.2) is 4.98 Å². The van der Waals surface area contributed by atoms with E-state index in [0.29, 0.717) is 0 Å². The molecule has 0 N–H and O–H groups in total. The number of pyridine rings is 1. The van der Waals surface area contributed by atoms with Crippen molar-refractivity contribution in [3.05, 3.63) is 96.6 Å². The predicted octanol–water partition coefficient (Wildman–Crippen LogP) is 6.15. The maximum absolute atomic E-state index is 4.92. The zero-order valence-corrected chi connectivity index (χ0v) is 13.5. The molecule has 1 aliphatic carbocycles. The van der Waals surface area contributed by atoms with Gasteiger partial charge in [-0.2, -0.15) is 0 Å². The Bertz CT molecular complexity index is 832. The van der Waals surface area contributed by atoms with Gasteiger partial charge in [-0.15, -0.1) is 0 Å². The maximum atomic E-state index is 4.92. The van der Waals surface area contributed by atoms with Crippen molar-refractivity contribution >= 4 is 5.57 Å². The highest BCUT2D eigenvalue weighted by Gasteiger charge is 2.09. The second kappa shape index (κ2) is 6.67. The van der Waals surface area contributed by atoms with Crippen LogP contribution in [0, 0.1) is 0 Å². The molecule has 0 amide bonds. The zero-order valence-electron chi connectivity index (χ0n) is 13.5. The van der Waals surface area contributed by atoms with Gasteiger partial charge in [-0.1, -0.05) is 78.9 Å². The number of benzene rings is 2. The molecule has 0 spiro atoms. The molecule has 1 heteroatoms. The summed E-state index contributed by atoms with van der Waals surface area (Å²) in [6.07, 6.45) is 9.03. The number of rotatable bonds is 3. The first-order chi connectivity index (χ1) is 11.9. The highest BCUT2D eigenvalue weighted by atomic mass is 14.7. The Balaban J connectivity index is 1.88. The van der Waals surface area contributed by atoms with Gasteiger partial charge in [0.15, 0.2) is 0 Å². The average Bonchev–Trinajstić information content (AvgIpc) is 2.70. The Morgan fingerprint density at radius 3 is 1.71 bits per heavy atom. The summed E-state index contributed by atoms with van der Waals surface area (Å²) in [6.45, 7) is 0. The third kappa shape index (κ3) is 3.07. The number of nitrogens with zero attached hydrogens (tertiary/aromatic N) is 1. The zero-order chi connectivity index (χ0) is 16.2. The molecule has 1 aromatic heterocycles. The van der Waals surface area contributed by atoms with Gasteiger partial charge in [0.05, 0.1) is 11.4 Å². The largest absolute Gasteiger partial charge is 0.248 e. The van der Waals surface area contributed by atoms with Crippen molar-refractivity contribution in [1.82, 2.24) is 4.98 Å². The molecule has 0 radical (unpaired) electrons. The van der Waals surface area contributed by atoms with Crippen molar-refractivity contribution in [3.63, 3.8) is 0 Å². The highest BCUT2D eigenvalue weighted by molar-refractivity contribution is 5.80. The van der Waals surface area contributed by atoms with E-state index in [2.05, 4.69) is 78.9 Å². The predicted molar refractivity (Wildman–Crippen MR) is 101 cm³/mol. The van der Waals surface area contributed by atoms with E-state index in [0.717, 1.165) is 35.4 Å². The lowest BCUT2D eigenvalue weighted by Crippen LogP contribution is -1.93. The summed E-state index contributed by atoms with van der Waals surface area (Å²) in [5.41, 5.74) is 6.86. The van der Waals surface area contributed by atoms with E-state index >= 15 is 0 Å². The molecule has 24 heavy (non-hydrogen) atoms. The Morgan fingerprint density at radius 2 is 1.21 bits per heavy atom. The van der Waals surface area contributed by atoms with Crippen molar-refractivity contribution in [1.29, 1.82) is 0 Å². The molecule has 0 aliphatic heterocycles. The van der Waals surface area contributed by atoms with E-state index in [9.17, 15) is 0 Å². The molecule has 1 heterocycles. The second-order valence-corrected chi connectivity index (χ2v) is 6.00. The minimum absolute atomic E-state index is 1.02. The van der Waals surface area contributed by atoms with Crippen LogP contribution in [-0.4, -0.2) is 4.98 Å². The standard InChI is InChI=1S/C23H19N/c1-4-10-18(11-5-1)21-16-22(19-12-6-2-7-13-19)24-23(17-21)20-14-8-3-9-15-20/h2-4,6-17H,1,5H2. The number of hydrogen-bond acceptors (Lipinski definition) is 1. The van der Waals surface area contributed by atoms with Crippen LogP contribution in [0.25, 0.3) is 28.1 Å². The third-order valence-electron chi connectivity index (χ3n) is 4.29. The van der Waals surface area contributed by atoms with Crippen LogP contribution >= 0.6 is 0 Å². The summed E-state index contributed by atoms with van der Waals surface area (Å²) in [7, 11) is 0. The summed E-state index contributed by atoms with van der Waals surface area (Å²) >= 11 is 0. The van der Waals surface area contributed by atoms with Gasteiger partial charge in [-0.3, -0.25) is 0 Å². The van der Waals surface area contributed by atoms with Crippen LogP contribution in [0.3, 0.4) is 0 Å². The fourth-order valence-electron chi connectivity index (χ4n) is 3.04. The highest BCUT2D eigenvalue weighted by Crippen LogP contribution is 2.29. The molecule has 116 valence electrons. The first kappa shape index (κ1) is 14.6. The smallest absolute Gasteiger partial charge is 0.0715 e. The monoisotopic (exact) mass is 309 g/mol. The van der Waals surface area contributed by atoms with Crippen molar-refractivity contribution in [3.8, 4) is 22.5 Å². The summed E-state index contributed by atoms with van der Waals surface area (Å²) in [5.74, 6) is 0. The van der Waals surface area contributed by atoms with E-state index in [1.807, 2.05) is 12.1 Å². The van der Waals surface area contributed by atoms with Crippen molar-refractivity contribution in [2.45, 2.75) is 12.8 Å². The van der Waals surface area contributed by atoms with Crippen LogP contribution in [0.15, 0.2) is 91.0 Å². The Morgan fingerprint density at radius 1 is 0.625 bits per heavy atom. The van der Waals surface area contributed by atoms with Gasteiger partial charge in [0.1, 0.15) is 0 Å². The van der Waals surface area contributed by atoms with E-state index in [4.69, 9.17) is 4.98 Å². The minimum atomic E-state index is 1.02. The van der Waals surface area contributed by atoms with E-state index in [-0.39, 0.29) is 0 Å². The molecule has 2 aromatic carbocycles. The molecule has 0 fully saturated rings. The van der Waals surface area contributed by atoms with Crippen LogP contribution in [0.1, 0.15) is 18.4 Å². The average molecular weight is 309 g/mol. The molecule has 1 nitrogen and oxygen atoms in total. The van der Waals surface area contributed by atoms with Gasteiger partial charge in [0.2, 0.25) is 0 Å². The molecule has 3 aromatic rings. The lowest BCUT2D eigenvalue weighted by Gasteiger charge is -2.12. The van der Waals surface area contributed by atoms with Gasteiger partial charge < -0.3 is 0 Å². The fourth-order valence-corrected chi connectivity index (χ4v) is 3.04. The molecular formula is C23H19N. The molecule has 4 rings (SSSR count). The van der Waals surface area contributed by atoms with Crippen LogP contribution in [0.5, 0.6) is 0 Å². The number of hydrogen-bond donors (Lipinski definition) is 0. The number of aromatic nitrogens is 1. The van der Waals surface area contributed by atoms with Crippen LogP contribution in [0.2, 0.25) is 0 Å². The van der Waals surface area contributed by atoms with Gasteiger partial charge in [0, 0.05) is 11.1 Å². The van der Waals surface area contributed by atoms with Crippen molar-refractivity contribution in [2.24, 2.45) is 0 Å². The van der Waals surface area contributed by atoms with E-state index in [1.54, 1.807) is 0 Å². The number of allylic oxidation sites excluding steroid dienone is 4. The molecular weight excluding hydrogens is 290 g/mol. The van der Waals surface area contributed by atoms with Gasteiger partial charge in [0.25, 0.3) is 0 Å². The van der Waals surface area contributed by atoms with Crippen molar-refractivity contribution in [2.75, 3.05) is 0 Å². The Hall–Kier alpha value is -2.93. The lowest BCUT2D eigenvalue weighted by molar-refractivity contribution is 1.04. The topological polar surface area (TPSA) is 12.9 Å². The Labute approximate surface area is 143 Å². The maximum Gasteiger partial charge on any atom is 0.0715 e. The molecule has 0 unspecified atom stereocenters. The molecule has 0 saturated carbocycles. The minimum Gasteiger partial charge on any atom is -0.248 e. The first-order valence-electron chi connectivity index (χ1n) is 8.40. The fraction of sp³-hybridized carbons (Fsp3) is 0.0870. The molecule has 0 atom stereocenters. The summed E-state index contributed by atoms with van der Waals surface area (Å²) in [6, 6.07) is 25.2. The van der Waals surface area contributed by atoms with E-state index < -0.39 is 0 Å².